The summed E-state index contributed by atoms with van der Waals surface area (Å²) in [6, 6.07) is 5.45. The van der Waals surface area contributed by atoms with Crippen LogP contribution in [-0.2, 0) is 20.5 Å². The molecule has 1 heterocycles. The summed E-state index contributed by atoms with van der Waals surface area (Å²) in [6.07, 6.45) is 0.369. The molecule has 0 bridgehead atoms. The maximum absolute atomic E-state index is 12.2. The smallest absolute Gasteiger partial charge is 0.316 e. The van der Waals surface area contributed by atoms with Crippen LogP contribution in [0.1, 0.15) is 5.56 Å². The normalized spacial score (nSPS) is 15.1. The van der Waals surface area contributed by atoms with Crippen molar-refractivity contribution in [1.29, 1.82) is 0 Å². The molecule has 2 rings (SSSR count). The number of ether oxygens (including phenoxy) is 3. The van der Waals surface area contributed by atoms with Gasteiger partial charge in [0.1, 0.15) is 5.66 Å². The molecule has 0 aromatic heterocycles. The quantitative estimate of drug-likeness (QED) is 0.626. The molecule has 0 aliphatic carbocycles. The van der Waals surface area contributed by atoms with Crippen molar-refractivity contribution in [2.75, 3.05) is 27.2 Å². The average molecular weight is 284 g/mol. The Kier molecular flexibility index (Phi) is 3.85. The highest BCUT2D eigenvalue weighted by atomic mass is 31.2. The van der Waals surface area contributed by atoms with E-state index >= 15 is 0 Å². The summed E-state index contributed by atoms with van der Waals surface area (Å²) in [5.41, 5.74) is 0.251. The van der Waals surface area contributed by atoms with E-state index in [1.165, 1.54) is 7.11 Å². The predicted octanol–water partition coefficient (Wildman–Crippen LogP) is 2.12. The lowest BCUT2D eigenvalue weighted by Gasteiger charge is -2.19. The van der Waals surface area contributed by atoms with Gasteiger partial charge in [0.25, 0.3) is 0 Å². The van der Waals surface area contributed by atoms with Gasteiger partial charge in [-0.05, 0) is 37.4 Å². The van der Waals surface area contributed by atoms with E-state index in [-0.39, 0.29) is 6.79 Å². The van der Waals surface area contributed by atoms with Gasteiger partial charge in [0.2, 0.25) is 6.79 Å². The van der Waals surface area contributed by atoms with Crippen molar-refractivity contribution in [3.63, 3.8) is 0 Å². The van der Waals surface area contributed by atoms with Gasteiger partial charge in [-0.2, -0.15) is 0 Å². The minimum atomic E-state index is -2.58. The van der Waals surface area contributed by atoms with Crippen LogP contribution in [0.2, 0.25) is 0 Å². The highest BCUT2D eigenvalue weighted by Gasteiger charge is 2.32. The fourth-order valence-electron chi connectivity index (χ4n) is 1.98. The number of benzene rings is 1. The Bertz CT molecular complexity index is 534. The van der Waals surface area contributed by atoms with E-state index in [9.17, 15) is 9.36 Å². The van der Waals surface area contributed by atoms with Crippen molar-refractivity contribution < 1.29 is 23.6 Å². The zero-order valence-electron chi connectivity index (χ0n) is 11.2. The summed E-state index contributed by atoms with van der Waals surface area (Å²) in [7, 11) is -1.27. The third kappa shape index (κ3) is 3.10. The molecule has 0 N–H and O–H groups in total. The van der Waals surface area contributed by atoms with E-state index < -0.39 is 18.8 Å². The minimum absolute atomic E-state index is 0.208. The molecule has 1 aliphatic rings. The van der Waals surface area contributed by atoms with Crippen LogP contribution in [0, 0.1) is 0 Å². The molecule has 1 atom stereocenters. The second-order valence-electron chi connectivity index (χ2n) is 4.86. The third-order valence-corrected chi connectivity index (χ3v) is 4.98. The van der Waals surface area contributed by atoms with Crippen molar-refractivity contribution in [3.8, 4) is 11.5 Å². The van der Waals surface area contributed by atoms with Crippen LogP contribution in [0.5, 0.6) is 11.5 Å². The molecular weight excluding hydrogens is 267 g/mol. The number of methoxy groups -OCH3 is 1. The average Bonchev–Trinajstić information content (AvgIpc) is 2.81. The lowest BCUT2D eigenvalue weighted by Crippen LogP contribution is -2.24. The topological polar surface area (TPSA) is 61.8 Å². The first-order valence-corrected chi connectivity index (χ1v) is 8.60. The number of hydrogen-bond donors (Lipinski definition) is 0. The van der Waals surface area contributed by atoms with E-state index in [1.807, 2.05) is 12.1 Å². The number of fused-ring (bicyclic) bond motifs is 1. The van der Waals surface area contributed by atoms with Gasteiger partial charge in [0.05, 0.1) is 14.3 Å². The first-order valence-electron chi connectivity index (χ1n) is 5.93. The van der Waals surface area contributed by atoms with Gasteiger partial charge in [-0.3, -0.25) is 4.79 Å². The van der Waals surface area contributed by atoms with Gasteiger partial charge in [-0.25, -0.2) is 0 Å². The zero-order chi connectivity index (χ0) is 14.0. The molecule has 0 radical (unpaired) electrons. The molecule has 1 unspecified atom stereocenters. The van der Waals surface area contributed by atoms with Crippen LogP contribution in [-0.4, -0.2) is 38.9 Å². The van der Waals surface area contributed by atoms with Gasteiger partial charge in [0.15, 0.2) is 11.5 Å². The lowest BCUT2D eigenvalue weighted by atomic mass is 10.1. The molecule has 0 spiro atoms. The largest absolute Gasteiger partial charge is 0.468 e. The van der Waals surface area contributed by atoms with Gasteiger partial charge < -0.3 is 18.8 Å². The molecule has 5 nitrogen and oxygen atoms in total. The Hall–Kier alpha value is -1.48. The Labute approximate surface area is 112 Å². The highest BCUT2D eigenvalue weighted by molar-refractivity contribution is 7.64. The van der Waals surface area contributed by atoms with Gasteiger partial charge in [-0.15, -0.1) is 0 Å². The van der Waals surface area contributed by atoms with Crippen LogP contribution >= 0.6 is 7.14 Å². The van der Waals surface area contributed by atoms with Crippen LogP contribution < -0.4 is 9.47 Å². The Morgan fingerprint density at radius 2 is 2.05 bits per heavy atom. The molecule has 1 aromatic rings. The molecule has 19 heavy (non-hydrogen) atoms. The molecule has 0 fully saturated rings. The van der Waals surface area contributed by atoms with Crippen LogP contribution in [0.4, 0.5) is 0 Å². The Morgan fingerprint density at radius 3 is 2.68 bits per heavy atom. The summed E-state index contributed by atoms with van der Waals surface area (Å²) in [5, 5.41) is 0. The third-order valence-electron chi connectivity index (χ3n) is 3.09. The van der Waals surface area contributed by atoms with Crippen molar-refractivity contribution in [3.05, 3.63) is 23.8 Å². The predicted molar refractivity (Wildman–Crippen MR) is 71.5 cm³/mol. The van der Waals surface area contributed by atoms with Gasteiger partial charge in [-0.1, -0.05) is 6.07 Å². The number of esters is 1. The van der Waals surface area contributed by atoms with Crippen LogP contribution in [0.25, 0.3) is 0 Å². The summed E-state index contributed by atoms with van der Waals surface area (Å²) >= 11 is 0. The molecule has 6 heteroatoms. The fraction of sp³-hybridized carbons (Fsp3) is 0.462. The standard InChI is InChI=1S/C13H17O5P/c1-16-13(14)12(19(2,3)15)7-9-4-5-10-11(6-9)18-8-17-10/h4-6,12H,7-8H2,1-3H3. The number of rotatable bonds is 4. The van der Waals surface area contributed by atoms with Crippen molar-refractivity contribution in [1.82, 2.24) is 0 Å². The maximum atomic E-state index is 12.2. The molecular formula is C13H17O5P. The molecule has 0 amide bonds. The van der Waals surface area contributed by atoms with E-state index in [2.05, 4.69) is 0 Å². The van der Waals surface area contributed by atoms with Gasteiger partial charge in [0, 0.05) is 0 Å². The lowest BCUT2D eigenvalue weighted by molar-refractivity contribution is -0.140. The second kappa shape index (κ2) is 5.25. The number of hydrogen-bond acceptors (Lipinski definition) is 5. The van der Waals surface area contributed by atoms with E-state index in [4.69, 9.17) is 14.2 Å². The maximum Gasteiger partial charge on any atom is 0.316 e. The minimum Gasteiger partial charge on any atom is -0.468 e. The molecule has 0 saturated heterocycles. The number of carbonyl (C=O) groups excluding carboxylic acids is 1. The zero-order valence-corrected chi connectivity index (χ0v) is 12.1. The Balaban J connectivity index is 2.22. The number of carbonyl (C=O) groups is 1. The fourth-order valence-corrected chi connectivity index (χ4v) is 3.25. The van der Waals surface area contributed by atoms with E-state index in [0.717, 1.165) is 5.56 Å². The van der Waals surface area contributed by atoms with Crippen molar-refractivity contribution >= 4 is 13.1 Å². The molecule has 1 aliphatic heterocycles. The van der Waals surface area contributed by atoms with Crippen molar-refractivity contribution in [2.24, 2.45) is 0 Å². The van der Waals surface area contributed by atoms with E-state index in [0.29, 0.717) is 17.9 Å². The SMILES string of the molecule is COC(=O)C(Cc1ccc2c(c1)OCO2)P(C)(C)=O. The van der Waals surface area contributed by atoms with E-state index in [1.54, 1.807) is 19.4 Å². The monoisotopic (exact) mass is 284 g/mol. The van der Waals surface area contributed by atoms with Crippen LogP contribution in [0.3, 0.4) is 0 Å². The second-order valence-corrected chi connectivity index (χ2v) is 8.36. The highest BCUT2D eigenvalue weighted by Crippen LogP contribution is 2.45. The molecule has 0 saturated carbocycles. The summed E-state index contributed by atoms with van der Waals surface area (Å²) in [4.78, 5) is 11.7. The van der Waals surface area contributed by atoms with Gasteiger partial charge >= 0.3 is 5.97 Å². The van der Waals surface area contributed by atoms with Crippen molar-refractivity contribution in [2.45, 2.75) is 12.1 Å². The first kappa shape index (κ1) is 13.9. The Morgan fingerprint density at radius 1 is 1.37 bits per heavy atom. The summed E-state index contributed by atoms with van der Waals surface area (Å²) in [6.45, 7) is 3.41. The first-order chi connectivity index (χ1) is 8.91. The van der Waals surface area contributed by atoms with Crippen LogP contribution in [0.15, 0.2) is 18.2 Å². The molecule has 1 aromatic carbocycles. The molecule has 104 valence electrons. The summed E-state index contributed by atoms with van der Waals surface area (Å²) < 4.78 is 27.4. The summed E-state index contributed by atoms with van der Waals surface area (Å²) in [5.74, 6) is 0.906.